The van der Waals surface area contributed by atoms with Crippen LogP contribution in [0.5, 0.6) is 0 Å². The molecular weight excluding hydrogens is 390 g/mol. The lowest BCUT2D eigenvalue weighted by Crippen LogP contribution is -3.13. The summed E-state index contributed by atoms with van der Waals surface area (Å²) in [7, 11) is 0. The van der Waals surface area contributed by atoms with Crippen molar-refractivity contribution in [2.45, 2.75) is 38.5 Å². The number of hydrogen-bond acceptors (Lipinski definition) is 5. The molecule has 1 aromatic heterocycles. The van der Waals surface area contributed by atoms with E-state index in [9.17, 15) is 19.5 Å². The molecule has 2 saturated heterocycles. The maximum atomic E-state index is 12.7. The highest BCUT2D eigenvalue weighted by atomic mass is 32.1. The SMILES string of the molecule is NC(=O)C1CC[NH+](CC[C@H]2CN(C(=O)Cc3cccs3)CC[C@H]2CC(=O)[O-])CC1. The number of quaternary nitrogens is 1. The van der Waals surface area contributed by atoms with Gasteiger partial charge in [-0.3, -0.25) is 9.59 Å². The summed E-state index contributed by atoms with van der Waals surface area (Å²) in [5.41, 5.74) is 5.41. The fourth-order valence-electron chi connectivity index (χ4n) is 4.74. The number of carboxylic acid groups (broad SMARTS) is 1. The largest absolute Gasteiger partial charge is 0.550 e. The van der Waals surface area contributed by atoms with Crippen LogP contribution in [-0.4, -0.2) is 55.4 Å². The van der Waals surface area contributed by atoms with Crippen molar-refractivity contribution < 1.29 is 24.4 Å². The first-order valence-electron chi connectivity index (χ1n) is 10.5. The summed E-state index contributed by atoms with van der Waals surface area (Å²) in [6.45, 7) is 4.03. The highest BCUT2D eigenvalue weighted by Crippen LogP contribution is 2.29. The molecule has 160 valence electrons. The van der Waals surface area contributed by atoms with E-state index >= 15 is 0 Å². The predicted octanol–water partition coefficient (Wildman–Crippen LogP) is -0.934. The standard InChI is InChI=1S/C21H31N3O4S/c22-21(28)15-3-7-23(8-4-15)9-5-17-14-24(10-6-16(17)12-20(26)27)19(25)13-18-2-1-11-29-18/h1-2,11,15-17H,3-10,12-14H2,(H2,22,28)(H,26,27)/t16-,17-/m0/s1. The smallest absolute Gasteiger partial charge is 0.227 e. The molecule has 2 aliphatic rings. The van der Waals surface area contributed by atoms with Crippen molar-refractivity contribution in [1.82, 2.24) is 4.90 Å². The van der Waals surface area contributed by atoms with Gasteiger partial charge in [0.25, 0.3) is 0 Å². The van der Waals surface area contributed by atoms with Gasteiger partial charge in [-0.2, -0.15) is 0 Å². The van der Waals surface area contributed by atoms with E-state index in [0.29, 0.717) is 25.9 Å². The molecular formula is C21H31N3O4S. The number of likely N-dealkylation sites (tertiary alicyclic amines) is 2. The Bertz CT molecular complexity index is 701. The number of nitrogens with one attached hydrogen (secondary N) is 1. The Hall–Kier alpha value is -1.93. The minimum absolute atomic E-state index is 0.00960. The van der Waals surface area contributed by atoms with E-state index in [1.807, 2.05) is 22.4 Å². The molecule has 0 spiro atoms. The van der Waals surface area contributed by atoms with Crippen LogP contribution in [0.3, 0.4) is 0 Å². The summed E-state index contributed by atoms with van der Waals surface area (Å²) in [5.74, 6) is -0.856. The zero-order valence-electron chi connectivity index (χ0n) is 16.8. The third kappa shape index (κ3) is 6.27. The molecule has 0 radical (unpaired) electrons. The Labute approximate surface area is 175 Å². The minimum atomic E-state index is -1.01. The number of nitrogens with zero attached hydrogens (tertiary/aromatic N) is 1. The van der Waals surface area contributed by atoms with Crippen LogP contribution in [0.1, 0.15) is 37.0 Å². The molecule has 2 amide bonds. The fourth-order valence-corrected chi connectivity index (χ4v) is 5.44. The summed E-state index contributed by atoms with van der Waals surface area (Å²) < 4.78 is 0. The van der Waals surface area contributed by atoms with Gasteiger partial charge in [0.05, 0.1) is 26.1 Å². The lowest BCUT2D eigenvalue weighted by atomic mass is 9.80. The molecule has 3 heterocycles. The number of aliphatic carboxylic acids is 1. The van der Waals surface area contributed by atoms with Gasteiger partial charge in [0.1, 0.15) is 0 Å². The number of carbonyl (C=O) groups excluding carboxylic acids is 3. The van der Waals surface area contributed by atoms with Crippen LogP contribution in [0.4, 0.5) is 0 Å². The molecule has 7 nitrogen and oxygen atoms in total. The van der Waals surface area contributed by atoms with Gasteiger partial charge in [-0.05, 0) is 36.1 Å². The molecule has 0 aromatic carbocycles. The normalized spacial score (nSPS) is 27.5. The number of nitrogens with two attached hydrogens (primary N) is 1. The van der Waals surface area contributed by atoms with Crippen LogP contribution in [0, 0.1) is 17.8 Å². The zero-order chi connectivity index (χ0) is 20.8. The van der Waals surface area contributed by atoms with E-state index in [-0.39, 0.29) is 36.0 Å². The molecule has 2 fully saturated rings. The number of hydrogen-bond donors (Lipinski definition) is 2. The van der Waals surface area contributed by atoms with Crippen molar-refractivity contribution in [3.8, 4) is 0 Å². The Morgan fingerprint density at radius 2 is 1.97 bits per heavy atom. The second-order valence-electron chi connectivity index (χ2n) is 8.45. The molecule has 0 bridgehead atoms. The second kappa shape index (κ2) is 10.2. The van der Waals surface area contributed by atoms with Crippen LogP contribution in [-0.2, 0) is 20.8 Å². The van der Waals surface area contributed by atoms with Crippen LogP contribution in [0.25, 0.3) is 0 Å². The van der Waals surface area contributed by atoms with Crippen LogP contribution in [0.15, 0.2) is 17.5 Å². The fraction of sp³-hybridized carbons (Fsp3) is 0.667. The lowest BCUT2D eigenvalue weighted by Gasteiger charge is -2.39. The van der Waals surface area contributed by atoms with Gasteiger partial charge in [0.15, 0.2) is 0 Å². The number of carboxylic acids is 1. The molecule has 3 N–H and O–H groups in total. The molecule has 29 heavy (non-hydrogen) atoms. The molecule has 2 aliphatic heterocycles. The minimum Gasteiger partial charge on any atom is -0.550 e. The van der Waals surface area contributed by atoms with E-state index < -0.39 is 5.97 Å². The summed E-state index contributed by atoms with van der Waals surface area (Å²) in [6, 6.07) is 3.92. The Balaban J connectivity index is 1.54. The quantitative estimate of drug-likeness (QED) is 0.565. The molecule has 0 unspecified atom stereocenters. The van der Waals surface area contributed by atoms with Crippen molar-refractivity contribution in [1.29, 1.82) is 0 Å². The van der Waals surface area contributed by atoms with Crippen LogP contribution < -0.4 is 15.7 Å². The van der Waals surface area contributed by atoms with Crippen molar-refractivity contribution >= 4 is 29.1 Å². The summed E-state index contributed by atoms with van der Waals surface area (Å²) in [5, 5.41) is 13.2. The predicted molar refractivity (Wildman–Crippen MR) is 108 cm³/mol. The maximum Gasteiger partial charge on any atom is 0.227 e. The average molecular weight is 422 g/mol. The maximum absolute atomic E-state index is 12.7. The van der Waals surface area contributed by atoms with Crippen molar-refractivity contribution in [3.63, 3.8) is 0 Å². The first-order valence-corrected chi connectivity index (χ1v) is 11.4. The van der Waals surface area contributed by atoms with Gasteiger partial charge in [0.2, 0.25) is 11.8 Å². The van der Waals surface area contributed by atoms with Gasteiger partial charge in [-0.25, -0.2) is 0 Å². The highest BCUT2D eigenvalue weighted by molar-refractivity contribution is 7.10. The van der Waals surface area contributed by atoms with Crippen molar-refractivity contribution in [3.05, 3.63) is 22.4 Å². The van der Waals surface area contributed by atoms with Gasteiger partial charge in [-0.1, -0.05) is 6.07 Å². The zero-order valence-corrected chi connectivity index (χ0v) is 17.6. The Morgan fingerprint density at radius 1 is 1.21 bits per heavy atom. The monoisotopic (exact) mass is 421 g/mol. The number of carbonyl (C=O) groups is 3. The molecule has 8 heteroatoms. The van der Waals surface area contributed by atoms with E-state index in [1.54, 1.807) is 11.3 Å². The second-order valence-corrected chi connectivity index (χ2v) is 9.48. The van der Waals surface area contributed by atoms with Crippen molar-refractivity contribution in [2.24, 2.45) is 23.5 Å². The number of rotatable bonds is 8. The number of piperidine rings is 2. The molecule has 0 aliphatic carbocycles. The summed E-state index contributed by atoms with van der Waals surface area (Å²) in [6.07, 6.45) is 3.73. The van der Waals surface area contributed by atoms with Crippen LogP contribution >= 0.6 is 11.3 Å². The first kappa shape index (κ1) is 21.8. The molecule has 3 rings (SSSR count). The number of amides is 2. The van der Waals surface area contributed by atoms with Gasteiger partial charge in [0, 0.05) is 49.1 Å². The van der Waals surface area contributed by atoms with Gasteiger partial charge >= 0.3 is 0 Å². The van der Waals surface area contributed by atoms with E-state index in [4.69, 9.17) is 5.73 Å². The Morgan fingerprint density at radius 3 is 2.59 bits per heavy atom. The van der Waals surface area contributed by atoms with E-state index in [1.165, 1.54) is 4.90 Å². The highest BCUT2D eigenvalue weighted by Gasteiger charge is 2.33. The van der Waals surface area contributed by atoms with E-state index in [2.05, 4.69) is 0 Å². The molecule has 2 atom stereocenters. The van der Waals surface area contributed by atoms with Gasteiger partial charge in [-0.15, -0.1) is 11.3 Å². The molecule has 0 saturated carbocycles. The third-order valence-electron chi connectivity index (χ3n) is 6.54. The Kier molecular flexibility index (Phi) is 7.66. The van der Waals surface area contributed by atoms with E-state index in [0.717, 1.165) is 43.8 Å². The summed E-state index contributed by atoms with van der Waals surface area (Å²) >= 11 is 1.59. The first-order chi connectivity index (χ1) is 13.9. The van der Waals surface area contributed by atoms with Gasteiger partial charge < -0.3 is 25.4 Å². The third-order valence-corrected chi connectivity index (χ3v) is 7.42. The molecule has 1 aromatic rings. The van der Waals surface area contributed by atoms with Crippen LogP contribution in [0.2, 0.25) is 0 Å². The average Bonchev–Trinajstić information content (AvgIpc) is 3.20. The summed E-state index contributed by atoms with van der Waals surface area (Å²) in [4.78, 5) is 39.7. The lowest BCUT2D eigenvalue weighted by molar-refractivity contribution is -0.906. The topological polar surface area (TPSA) is 108 Å². The number of thiophene rings is 1. The van der Waals surface area contributed by atoms with Crippen molar-refractivity contribution in [2.75, 3.05) is 32.7 Å². The number of primary amides is 1.